The first kappa shape index (κ1) is 13.2. The summed E-state index contributed by atoms with van der Waals surface area (Å²) in [6, 6.07) is 9.58. The first-order valence-electron chi connectivity index (χ1n) is 5.32. The molecule has 2 rings (SSSR count). The molecule has 1 aromatic carbocycles. The number of aromatic carboxylic acids is 1. The summed E-state index contributed by atoms with van der Waals surface area (Å²) >= 11 is 5.75. The van der Waals surface area contributed by atoms with Crippen molar-refractivity contribution in [1.82, 2.24) is 4.98 Å². The predicted molar refractivity (Wildman–Crippen MR) is 69.3 cm³/mol. The fraction of sp³-hybridized carbons (Fsp3) is 0.0769. The van der Waals surface area contributed by atoms with E-state index in [2.05, 4.69) is 4.98 Å². The normalized spacial score (nSPS) is 10.0. The molecule has 0 spiro atoms. The van der Waals surface area contributed by atoms with Crippen LogP contribution in [0.4, 0.5) is 0 Å². The molecule has 0 atom stereocenters. The molecule has 0 saturated heterocycles. The van der Waals surface area contributed by atoms with E-state index in [0.29, 0.717) is 11.5 Å². The minimum absolute atomic E-state index is 0.0738. The Morgan fingerprint density at radius 2 is 1.89 bits per heavy atom. The van der Waals surface area contributed by atoms with Crippen LogP contribution in [0, 0.1) is 0 Å². The van der Waals surface area contributed by atoms with Crippen LogP contribution < -0.4 is 9.47 Å². The number of carboxylic acids is 1. The number of methoxy groups -OCH3 is 1. The zero-order valence-corrected chi connectivity index (χ0v) is 10.7. The molecule has 2 aromatic rings. The van der Waals surface area contributed by atoms with E-state index in [9.17, 15) is 4.79 Å². The van der Waals surface area contributed by atoms with Crippen molar-refractivity contribution >= 4 is 17.6 Å². The molecule has 1 aromatic heterocycles. The number of carbonyl (C=O) groups is 1. The van der Waals surface area contributed by atoms with Gasteiger partial charge in [0.2, 0.25) is 5.88 Å². The number of ether oxygens (including phenoxy) is 2. The third-order valence-corrected chi connectivity index (χ3v) is 2.54. The number of pyridine rings is 1. The van der Waals surface area contributed by atoms with E-state index >= 15 is 0 Å². The molecule has 19 heavy (non-hydrogen) atoms. The molecule has 0 aliphatic rings. The van der Waals surface area contributed by atoms with Gasteiger partial charge in [-0.05, 0) is 24.3 Å². The van der Waals surface area contributed by atoms with Crippen molar-refractivity contribution < 1.29 is 19.4 Å². The van der Waals surface area contributed by atoms with Gasteiger partial charge in [0.15, 0.2) is 11.5 Å². The molecular formula is C13H10ClNO4. The second-order valence-electron chi connectivity index (χ2n) is 3.54. The lowest BCUT2D eigenvalue weighted by Crippen LogP contribution is -2.02. The summed E-state index contributed by atoms with van der Waals surface area (Å²) in [5.74, 6) is -0.388. The standard InChI is InChI=1S/C13H10ClNO4/c1-18-9-4-2-3-5-10(9)19-12-8(13(16)17)6-7-11(14)15-12/h2-7H,1H3,(H,16,17). The largest absolute Gasteiger partial charge is 0.493 e. The highest BCUT2D eigenvalue weighted by molar-refractivity contribution is 6.29. The molecule has 0 aliphatic heterocycles. The van der Waals surface area contributed by atoms with Gasteiger partial charge in [0.05, 0.1) is 7.11 Å². The van der Waals surface area contributed by atoms with E-state index in [0.717, 1.165) is 0 Å². The van der Waals surface area contributed by atoms with E-state index < -0.39 is 5.97 Å². The van der Waals surface area contributed by atoms with Crippen molar-refractivity contribution in [2.24, 2.45) is 0 Å². The quantitative estimate of drug-likeness (QED) is 0.870. The van der Waals surface area contributed by atoms with Gasteiger partial charge in [0.25, 0.3) is 0 Å². The van der Waals surface area contributed by atoms with Crippen LogP contribution in [0.15, 0.2) is 36.4 Å². The molecule has 5 nitrogen and oxygen atoms in total. The fourth-order valence-corrected chi connectivity index (χ4v) is 1.61. The summed E-state index contributed by atoms with van der Waals surface area (Å²) in [5, 5.41) is 9.21. The topological polar surface area (TPSA) is 68.7 Å². The Bertz CT molecular complexity index is 615. The van der Waals surface area contributed by atoms with Crippen LogP contribution in [0.2, 0.25) is 5.15 Å². The van der Waals surface area contributed by atoms with Gasteiger partial charge < -0.3 is 14.6 Å². The number of halogens is 1. The van der Waals surface area contributed by atoms with Gasteiger partial charge >= 0.3 is 5.97 Å². The number of aromatic nitrogens is 1. The maximum atomic E-state index is 11.1. The number of benzene rings is 1. The maximum Gasteiger partial charge on any atom is 0.341 e. The molecule has 0 bridgehead atoms. The second-order valence-corrected chi connectivity index (χ2v) is 3.93. The van der Waals surface area contributed by atoms with E-state index in [1.807, 2.05) is 0 Å². The Hall–Kier alpha value is -2.27. The first-order valence-corrected chi connectivity index (χ1v) is 5.70. The number of hydrogen-bond acceptors (Lipinski definition) is 4. The molecular weight excluding hydrogens is 270 g/mol. The highest BCUT2D eigenvalue weighted by Crippen LogP contribution is 2.32. The van der Waals surface area contributed by atoms with Crippen LogP contribution in [-0.2, 0) is 0 Å². The van der Waals surface area contributed by atoms with Crippen LogP contribution in [0.1, 0.15) is 10.4 Å². The lowest BCUT2D eigenvalue weighted by atomic mass is 10.2. The van der Waals surface area contributed by atoms with Gasteiger partial charge in [-0.1, -0.05) is 23.7 Å². The van der Waals surface area contributed by atoms with Crippen molar-refractivity contribution in [3.05, 3.63) is 47.1 Å². The summed E-state index contributed by atoms with van der Waals surface area (Å²) in [4.78, 5) is 15.0. The molecule has 0 saturated carbocycles. The lowest BCUT2D eigenvalue weighted by molar-refractivity contribution is 0.0693. The monoisotopic (exact) mass is 279 g/mol. The Balaban J connectivity index is 2.42. The first-order chi connectivity index (χ1) is 9.11. The van der Waals surface area contributed by atoms with Crippen molar-refractivity contribution in [2.45, 2.75) is 0 Å². The van der Waals surface area contributed by atoms with E-state index in [-0.39, 0.29) is 16.6 Å². The minimum Gasteiger partial charge on any atom is -0.493 e. The van der Waals surface area contributed by atoms with Crippen LogP contribution in [-0.4, -0.2) is 23.2 Å². The number of hydrogen-bond donors (Lipinski definition) is 1. The number of rotatable bonds is 4. The molecule has 0 amide bonds. The molecule has 0 unspecified atom stereocenters. The van der Waals surface area contributed by atoms with E-state index in [1.54, 1.807) is 24.3 Å². The molecule has 1 heterocycles. The molecule has 0 radical (unpaired) electrons. The summed E-state index contributed by atoms with van der Waals surface area (Å²) < 4.78 is 10.6. The van der Waals surface area contributed by atoms with Gasteiger partial charge in [-0.15, -0.1) is 0 Å². The summed E-state index contributed by atoms with van der Waals surface area (Å²) in [5.41, 5.74) is -0.0738. The second kappa shape index (κ2) is 5.58. The van der Waals surface area contributed by atoms with Gasteiger partial charge in [0, 0.05) is 0 Å². The number of nitrogens with zero attached hydrogens (tertiary/aromatic N) is 1. The lowest BCUT2D eigenvalue weighted by Gasteiger charge is -2.10. The van der Waals surface area contributed by atoms with Gasteiger partial charge in [0.1, 0.15) is 10.7 Å². The molecule has 1 N–H and O–H groups in total. The molecule has 6 heteroatoms. The van der Waals surface area contributed by atoms with Crippen LogP contribution in [0.5, 0.6) is 17.4 Å². The van der Waals surface area contributed by atoms with Gasteiger partial charge in [-0.3, -0.25) is 0 Å². The minimum atomic E-state index is -1.14. The zero-order valence-electron chi connectivity index (χ0n) is 9.96. The Morgan fingerprint density at radius 3 is 2.53 bits per heavy atom. The third kappa shape index (κ3) is 2.95. The average molecular weight is 280 g/mol. The number of carboxylic acid groups (broad SMARTS) is 1. The van der Waals surface area contributed by atoms with Crippen molar-refractivity contribution in [1.29, 1.82) is 0 Å². The predicted octanol–water partition coefficient (Wildman–Crippen LogP) is 3.23. The average Bonchev–Trinajstić information content (AvgIpc) is 2.39. The molecule has 0 aliphatic carbocycles. The molecule has 98 valence electrons. The summed E-state index contributed by atoms with van der Waals surface area (Å²) in [7, 11) is 1.49. The van der Waals surface area contributed by atoms with Crippen molar-refractivity contribution in [3.63, 3.8) is 0 Å². The highest BCUT2D eigenvalue weighted by atomic mass is 35.5. The smallest absolute Gasteiger partial charge is 0.341 e. The fourth-order valence-electron chi connectivity index (χ4n) is 1.47. The Kier molecular flexibility index (Phi) is 3.87. The van der Waals surface area contributed by atoms with E-state index in [1.165, 1.54) is 19.2 Å². The van der Waals surface area contributed by atoms with Crippen molar-refractivity contribution in [3.8, 4) is 17.4 Å². The molecule has 0 fully saturated rings. The Labute approximate surface area is 114 Å². The van der Waals surface area contributed by atoms with Crippen molar-refractivity contribution in [2.75, 3.05) is 7.11 Å². The van der Waals surface area contributed by atoms with Gasteiger partial charge in [-0.2, -0.15) is 0 Å². The van der Waals surface area contributed by atoms with Crippen LogP contribution in [0.25, 0.3) is 0 Å². The summed E-state index contributed by atoms with van der Waals surface area (Å²) in [6.45, 7) is 0. The number of para-hydroxylation sites is 2. The van der Waals surface area contributed by atoms with Crippen LogP contribution in [0.3, 0.4) is 0 Å². The highest BCUT2D eigenvalue weighted by Gasteiger charge is 2.15. The van der Waals surface area contributed by atoms with Gasteiger partial charge in [-0.25, -0.2) is 9.78 Å². The maximum absolute atomic E-state index is 11.1. The SMILES string of the molecule is COc1ccccc1Oc1nc(Cl)ccc1C(=O)O. The van der Waals surface area contributed by atoms with E-state index in [4.69, 9.17) is 26.2 Å². The Morgan fingerprint density at radius 1 is 1.21 bits per heavy atom. The zero-order chi connectivity index (χ0) is 13.8. The summed E-state index contributed by atoms with van der Waals surface area (Å²) in [6.07, 6.45) is 0. The third-order valence-electron chi connectivity index (χ3n) is 2.33. The van der Waals surface area contributed by atoms with Crippen LogP contribution >= 0.6 is 11.6 Å².